The number of benzene rings is 1. The van der Waals surface area contributed by atoms with E-state index in [1.165, 1.54) is 0 Å². The molecule has 0 spiro atoms. The topological polar surface area (TPSA) is 84.2 Å². The molecule has 0 fully saturated rings. The summed E-state index contributed by atoms with van der Waals surface area (Å²) in [6, 6.07) is 16.5. The summed E-state index contributed by atoms with van der Waals surface area (Å²) in [7, 11) is 0. The van der Waals surface area contributed by atoms with Crippen molar-refractivity contribution in [3.05, 3.63) is 88.5 Å². The normalized spacial score (nSPS) is 13.1. The summed E-state index contributed by atoms with van der Waals surface area (Å²) in [6.07, 6.45) is 4.27. The van der Waals surface area contributed by atoms with Gasteiger partial charge in [-0.1, -0.05) is 44.2 Å². The molecule has 0 aliphatic heterocycles. The lowest BCUT2D eigenvalue weighted by Gasteiger charge is -2.25. The van der Waals surface area contributed by atoms with Gasteiger partial charge in [-0.2, -0.15) is 0 Å². The van der Waals surface area contributed by atoms with Crippen LogP contribution in [0.15, 0.2) is 71.8 Å². The number of aryl methyl sites for hydroxylation is 1. The minimum atomic E-state index is -0.881. The minimum Gasteiger partial charge on any atom is -0.481 e. The molecule has 2 N–H and O–H groups in total. The van der Waals surface area contributed by atoms with Crippen LogP contribution in [0.2, 0.25) is 0 Å². The molecule has 2 aromatic heterocycles. The van der Waals surface area contributed by atoms with Crippen LogP contribution in [0.5, 0.6) is 0 Å². The molecule has 0 saturated heterocycles. The Balaban J connectivity index is 1.87. The standard InChI is InChI=1S/C26H31N3O3/c1-18(2)14-21(29-13-7-6-10-25(29)30)17-28-23(16-26(31)32)20-11-12-27-24(15-20)22-9-5-4-8-19(22)3/h4-13,15,18,21,23,28H,14,16-17H2,1-3H3,(H,31,32). The van der Waals surface area contributed by atoms with E-state index >= 15 is 0 Å². The smallest absolute Gasteiger partial charge is 0.305 e. The first-order valence-electron chi connectivity index (χ1n) is 11.0. The number of aliphatic carboxylic acids is 1. The maximum atomic E-state index is 12.4. The fourth-order valence-electron chi connectivity index (χ4n) is 4.01. The van der Waals surface area contributed by atoms with Crippen LogP contribution in [0, 0.1) is 12.8 Å². The summed E-state index contributed by atoms with van der Waals surface area (Å²) in [5.74, 6) is -0.491. The van der Waals surface area contributed by atoms with E-state index in [4.69, 9.17) is 0 Å². The van der Waals surface area contributed by atoms with Crippen molar-refractivity contribution in [1.29, 1.82) is 0 Å². The molecule has 0 saturated carbocycles. The highest BCUT2D eigenvalue weighted by Crippen LogP contribution is 2.26. The number of hydrogen-bond donors (Lipinski definition) is 2. The Hall–Kier alpha value is -3.25. The Morgan fingerprint density at radius 3 is 2.56 bits per heavy atom. The highest BCUT2D eigenvalue weighted by Gasteiger charge is 2.20. The summed E-state index contributed by atoms with van der Waals surface area (Å²) >= 11 is 0. The number of carboxylic acid groups (broad SMARTS) is 1. The number of nitrogens with one attached hydrogen (secondary N) is 1. The average Bonchev–Trinajstić information content (AvgIpc) is 2.76. The van der Waals surface area contributed by atoms with Gasteiger partial charge >= 0.3 is 5.97 Å². The highest BCUT2D eigenvalue weighted by atomic mass is 16.4. The van der Waals surface area contributed by atoms with E-state index in [1.807, 2.05) is 49.4 Å². The molecular formula is C26H31N3O3. The quantitative estimate of drug-likeness (QED) is 0.488. The van der Waals surface area contributed by atoms with E-state index in [0.29, 0.717) is 12.5 Å². The zero-order chi connectivity index (χ0) is 23.1. The van der Waals surface area contributed by atoms with Crippen molar-refractivity contribution >= 4 is 5.97 Å². The average molecular weight is 434 g/mol. The molecule has 3 rings (SSSR count). The molecule has 1 aromatic carbocycles. The third-order valence-electron chi connectivity index (χ3n) is 5.57. The molecule has 32 heavy (non-hydrogen) atoms. The predicted octanol–water partition coefficient (Wildman–Crippen LogP) is 4.61. The van der Waals surface area contributed by atoms with Gasteiger partial charge in [0.05, 0.1) is 12.1 Å². The van der Waals surface area contributed by atoms with Crippen LogP contribution < -0.4 is 10.9 Å². The number of carbonyl (C=O) groups is 1. The Labute approximate surface area is 189 Å². The second kappa shape index (κ2) is 10.9. The molecule has 168 valence electrons. The molecular weight excluding hydrogens is 402 g/mol. The SMILES string of the molecule is Cc1ccccc1-c1cc(C(CC(=O)O)NCC(CC(C)C)n2ccccc2=O)ccn1. The van der Waals surface area contributed by atoms with E-state index in [-0.39, 0.29) is 18.0 Å². The first-order valence-corrected chi connectivity index (χ1v) is 11.0. The van der Waals surface area contributed by atoms with Crippen LogP contribution in [0.3, 0.4) is 0 Å². The van der Waals surface area contributed by atoms with Gasteiger partial charge in [0.25, 0.3) is 5.56 Å². The number of pyridine rings is 2. The van der Waals surface area contributed by atoms with Crippen LogP contribution in [0.25, 0.3) is 11.3 Å². The van der Waals surface area contributed by atoms with Gasteiger partial charge < -0.3 is 15.0 Å². The van der Waals surface area contributed by atoms with Crippen LogP contribution in [-0.2, 0) is 4.79 Å². The zero-order valence-corrected chi connectivity index (χ0v) is 18.9. The second-order valence-electron chi connectivity index (χ2n) is 8.58. The molecule has 0 amide bonds. The van der Waals surface area contributed by atoms with Gasteiger partial charge in [-0.25, -0.2) is 0 Å². The molecule has 0 aliphatic rings. The van der Waals surface area contributed by atoms with Gasteiger partial charge in [0.2, 0.25) is 0 Å². The fraction of sp³-hybridized carbons (Fsp3) is 0.346. The zero-order valence-electron chi connectivity index (χ0n) is 18.9. The van der Waals surface area contributed by atoms with Gasteiger partial charge in [-0.15, -0.1) is 0 Å². The largest absolute Gasteiger partial charge is 0.481 e. The van der Waals surface area contributed by atoms with Gasteiger partial charge in [0.1, 0.15) is 0 Å². The van der Waals surface area contributed by atoms with Crippen LogP contribution in [0.1, 0.15) is 49.9 Å². The Morgan fingerprint density at radius 2 is 1.88 bits per heavy atom. The highest BCUT2D eigenvalue weighted by molar-refractivity contribution is 5.68. The molecule has 6 nitrogen and oxygen atoms in total. The summed E-state index contributed by atoms with van der Waals surface area (Å²) in [5, 5.41) is 13.0. The van der Waals surface area contributed by atoms with Crippen molar-refractivity contribution in [2.45, 2.75) is 45.7 Å². The molecule has 3 aromatic rings. The predicted molar refractivity (Wildman–Crippen MR) is 127 cm³/mol. The van der Waals surface area contributed by atoms with Gasteiger partial charge in [0, 0.05) is 42.7 Å². The lowest BCUT2D eigenvalue weighted by atomic mass is 9.98. The number of carboxylic acids is 1. The summed E-state index contributed by atoms with van der Waals surface area (Å²) in [4.78, 5) is 28.5. The molecule has 0 aliphatic carbocycles. The third kappa shape index (κ3) is 6.14. The maximum absolute atomic E-state index is 12.4. The lowest BCUT2D eigenvalue weighted by molar-refractivity contribution is -0.137. The minimum absolute atomic E-state index is 0.0551. The molecule has 2 unspecified atom stereocenters. The van der Waals surface area contributed by atoms with E-state index in [2.05, 4.69) is 24.1 Å². The van der Waals surface area contributed by atoms with Crippen molar-refractivity contribution in [3.63, 3.8) is 0 Å². The van der Waals surface area contributed by atoms with Crippen LogP contribution in [-0.4, -0.2) is 27.2 Å². The molecule has 0 radical (unpaired) electrons. The summed E-state index contributed by atoms with van der Waals surface area (Å²) in [5.41, 5.74) is 3.76. The molecule has 0 bridgehead atoms. The number of hydrogen-bond acceptors (Lipinski definition) is 4. The van der Waals surface area contributed by atoms with Crippen molar-refractivity contribution in [2.24, 2.45) is 5.92 Å². The molecule has 2 heterocycles. The van der Waals surface area contributed by atoms with Crippen molar-refractivity contribution in [1.82, 2.24) is 14.9 Å². The third-order valence-corrected chi connectivity index (χ3v) is 5.57. The summed E-state index contributed by atoms with van der Waals surface area (Å²) in [6.45, 7) is 6.76. The van der Waals surface area contributed by atoms with Crippen LogP contribution in [0.4, 0.5) is 0 Å². The van der Waals surface area contributed by atoms with E-state index in [9.17, 15) is 14.7 Å². The van der Waals surface area contributed by atoms with Crippen molar-refractivity contribution < 1.29 is 9.90 Å². The van der Waals surface area contributed by atoms with Gasteiger partial charge in [0.15, 0.2) is 0 Å². The Bertz CT molecular complexity index is 1110. The van der Waals surface area contributed by atoms with Crippen molar-refractivity contribution in [3.8, 4) is 11.3 Å². The monoisotopic (exact) mass is 433 g/mol. The second-order valence-corrected chi connectivity index (χ2v) is 8.58. The van der Waals surface area contributed by atoms with Crippen molar-refractivity contribution in [2.75, 3.05) is 6.54 Å². The number of nitrogens with zero attached hydrogens (tertiary/aromatic N) is 2. The van der Waals surface area contributed by atoms with E-state index < -0.39 is 12.0 Å². The van der Waals surface area contributed by atoms with Crippen LogP contribution >= 0.6 is 0 Å². The first kappa shape index (κ1) is 23.4. The molecule has 6 heteroatoms. The van der Waals surface area contributed by atoms with E-state index in [1.54, 1.807) is 29.1 Å². The number of aromatic nitrogens is 2. The first-order chi connectivity index (χ1) is 15.3. The van der Waals surface area contributed by atoms with E-state index in [0.717, 1.165) is 28.8 Å². The lowest BCUT2D eigenvalue weighted by Crippen LogP contribution is -2.35. The van der Waals surface area contributed by atoms with Gasteiger partial charge in [-0.3, -0.25) is 14.6 Å². The molecule has 2 atom stereocenters. The Kier molecular flexibility index (Phi) is 7.95. The van der Waals surface area contributed by atoms with Gasteiger partial charge in [-0.05, 0) is 48.6 Å². The maximum Gasteiger partial charge on any atom is 0.305 e. The Morgan fingerprint density at radius 1 is 1.12 bits per heavy atom. The fourth-order valence-corrected chi connectivity index (χ4v) is 4.01. The number of rotatable bonds is 10. The summed E-state index contributed by atoms with van der Waals surface area (Å²) < 4.78 is 1.73.